The molecule has 10 heteroatoms. The molecule has 2 aliphatic rings. The van der Waals surface area contributed by atoms with Gasteiger partial charge in [0.15, 0.2) is 23.0 Å². The molecular formula is C54H55NO9. The van der Waals surface area contributed by atoms with E-state index in [0.717, 1.165) is 55.3 Å². The first-order chi connectivity index (χ1) is 30.9. The number of carbonyl (C=O) groups excluding carboxylic acids is 2. The molecule has 0 radical (unpaired) electrons. The highest BCUT2D eigenvalue weighted by Gasteiger charge is 2.50. The molecule has 2 aliphatic carbocycles. The first-order valence-electron chi connectivity index (χ1n) is 21.8. The maximum absolute atomic E-state index is 14.3. The van der Waals surface area contributed by atoms with Crippen molar-refractivity contribution in [3.63, 3.8) is 0 Å². The molecule has 1 fully saturated rings. The van der Waals surface area contributed by atoms with Gasteiger partial charge in [0, 0.05) is 25.8 Å². The first-order valence-corrected chi connectivity index (χ1v) is 21.8. The largest absolute Gasteiger partial charge is 0.508 e. The van der Waals surface area contributed by atoms with Crippen LogP contribution in [0.25, 0.3) is 28.0 Å². The Kier molecular flexibility index (Phi) is 13.0. The van der Waals surface area contributed by atoms with Gasteiger partial charge in [-0.2, -0.15) is 0 Å². The summed E-state index contributed by atoms with van der Waals surface area (Å²) in [5, 5.41) is 37.3. The Bertz CT molecular complexity index is 2690. The van der Waals surface area contributed by atoms with Crippen LogP contribution >= 0.6 is 0 Å². The number of aromatic hydroxyl groups is 3. The highest BCUT2D eigenvalue weighted by Crippen LogP contribution is 2.54. The number of methoxy groups -OCH3 is 2. The van der Waals surface area contributed by atoms with Crippen LogP contribution in [0.2, 0.25) is 0 Å². The number of phenolic OH excluding ortho intramolecular Hbond substituents is 3. The van der Waals surface area contributed by atoms with Crippen molar-refractivity contribution in [2.24, 2.45) is 11.3 Å². The zero-order chi connectivity index (χ0) is 45.0. The molecule has 330 valence electrons. The Balaban J connectivity index is 1.18. The standard InChI is InChI=1S/C54H55NO9/c1-33(56)63-50-29-44(64-53(60)21-35-13-14-39-22-43(57)28-46(45(39)20-35)38-12-8-11-36(19-38)32-55-2)23-41(37-15-16-48(58)51(26-37)61-3)30-54(18-17-34-9-6-5-7-10-34)31-42-25-49(59)52(62-4)27-40(42)24-47(50)54/h5-20,22,25-28,41,44,47,50,55,57-59H,21,23-24,29-32H2,1-4H3/b18-17+/t41-,44+,47+,50-,54-/m1/s1. The third kappa shape index (κ3) is 9.57. The van der Waals surface area contributed by atoms with Crippen LogP contribution in [0.3, 0.4) is 0 Å². The molecule has 5 atom stereocenters. The quantitative estimate of drug-likeness (QED) is 0.0879. The molecule has 0 aliphatic heterocycles. The number of allylic oxidation sites excluding steroid dienone is 1. The summed E-state index contributed by atoms with van der Waals surface area (Å²) in [5.41, 5.74) is 6.92. The van der Waals surface area contributed by atoms with Crippen LogP contribution in [0.1, 0.15) is 65.5 Å². The molecular weight excluding hydrogens is 807 g/mol. The highest BCUT2D eigenvalue weighted by molar-refractivity contribution is 5.98. The molecule has 64 heavy (non-hydrogen) atoms. The minimum absolute atomic E-state index is 0.00761. The van der Waals surface area contributed by atoms with Crippen LogP contribution < -0.4 is 14.8 Å². The van der Waals surface area contributed by atoms with Gasteiger partial charge in [0.2, 0.25) is 0 Å². The van der Waals surface area contributed by atoms with Gasteiger partial charge in [-0.05, 0) is 148 Å². The third-order valence-corrected chi connectivity index (χ3v) is 13.0. The predicted molar refractivity (Wildman–Crippen MR) is 248 cm³/mol. The summed E-state index contributed by atoms with van der Waals surface area (Å²) in [6.07, 6.45) is 5.29. The second-order valence-electron chi connectivity index (χ2n) is 17.3. The van der Waals surface area contributed by atoms with E-state index in [1.54, 1.807) is 24.3 Å². The van der Waals surface area contributed by atoms with Crippen LogP contribution in [0.5, 0.6) is 28.7 Å². The van der Waals surface area contributed by atoms with E-state index in [9.17, 15) is 24.9 Å². The Morgan fingerprint density at radius 1 is 0.781 bits per heavy atom. The molecule has 0 heterocycles. The maximum atomic E-state index is 14.3. The van der Waals surface area contributed by atoms with Gasteiger partial charge in [0.05, 0.1) is 20.6 Å². The lowest BCUT2D eigenvalue weighted by Gasteiger charge is -2.50. The van der Waals surface area contributed by atoms with Gasteiger partial charge in [-0.15, -0.1) is 0 Å². The number of nitrogens with one attached hydrogen (secondary N) is 1. The lowest BCUT2D eigenvalue weighted by atomic mass is 9.56. The molecule has 0 unspecified atom stereocenters. The van der Waals surface area contributed by atoms with Crippen LogP contribution in [0.4, 0.5) is 0 Å². The zero-order valence-electron chi connectivity index (χ0n) is 36.7. The van der Waals surface area contributed by atoms with Gasteiger partial charge in [0.1, 0.15) is 18.0 Å². The van der Waals surface area contributed by atoms with E-state index in [2.05, 4.69) is 23.5 Å². The van der Waals surface area contributed by atoms with Gasteiger partial charge in [-0.3, -0.25) is 9.59 Å². The fourth-order valence-electron chi connectivity index (χ4n) is 10.1. The average molecular weight is 862 g/mol. The summed E-state index contributed by atoms with van der Waals surface area (Å²) in [7, 11) is 4.94. The van der Waals surface area contributed by atoms with Crippen molar-refractivity contribution in [3.05, 3.63) is 155 Å². The monoisotopic (exact) mass is 861 g/mol. The van der Waals surface area contributed by atoms with Gasteiger partial charge >= 0.3 is 11.9 Å². The van der Waals surface area contributed by atoms with Crippen molar-refractivity contribution in [3.8, 4) is 39.9 Å². The van der Waals surface area contributed by atoms with Gasteiger partial charge in [0.25, 0.3) is 0 Å². The lowest BCUT2D eigenvalue weighted by Crippen LogP contribution is -2.49. The fourth-order valence-corrected chi connectivity index (χ4v) is 10.1. The number of esters is 2. The Labute approximate surface area is 374 Å². The number of rotatable bonds is 12. The van der Waals surface area contributed by atoms with Crippen molar-refractivity contribution in [2.45, 2.75) is 70.1 Å². The molecule has 6 aromatic rings. The highest BCUT2D eigenvalue weighted by atomic mass is 16.6. The van der Waals surface area contributed by atoms with Crippen LogP contribution in [0, 0.1) is 11.3 Å². The van der Waals surface area contributed by atoms with E-state index in [1.807, 2.05) is 92.0 Å². The van der Waals surface area contributed by atoms with E-state index in [0.29, 0.717) is 43.7 Å². The second kappa shape index (κ2) is 18.9. The molecule has 0 amide bonds. The average Bonchev–Trinajstić information content (AvgIpc) is 3.27. The molecule has 0 saturated heterocycles. The second-order valence-corrected chi connectivity index (χ2v) is 17.3. The zero-order valence-corrected chi connectivity index (χ0v) is 36.7. The van der Waals surface area contributed by atoms with E-state index < -0.39 is 29.6 Å². The van der Waals surface area contributed by atoms with E-state index >= 15 is 0 Å². The Hall–Kier alpha value is -6.78. The molecule has 0 bridgehead atoms. The number of phenols is 3. The molecule has 0 aromatic heterocycles. The summed E-state index contributed by atoms with van der Waals surface area (Å²) in [6.45, 7) is 2.11. The SMILES string of the molecule is CNCc1cccc(-c2cc(O)cc3ccc(CC(=O)O[C@H]4C[C@@H](c5ccc(O)c(OC)c5)C[C@]5(/C=C/c6ccccc6)Cc6cc(O)c(OC)cc6C[C@H]5[C@H](OC(C)=O)C4)cc23)c1. The molecule has 6 aromatic carbocycles. The number of benzene rings is 6. The maximum Gasteiger partial charge on any atom is 0.310 e. The molecule has 8 rings (SSSR count). The normalized spacial score (nSPS) is 20.7. The minimum Gasteiger partial charge on any atom is -0.508 e. The fraction of sp³-hybridized carbons (Fsp3) is 0.296. The number of hydrogen-bond donors (Lipinski definition) is 4. The number of carbonyl (C=O) groups is 2. The smallest absolute Gasteiger partial charge is 0.310 e. The topological polar surface area (TPSA) is 144 Å². The molecule has 4 N–H and O–H groups in total. The Morgan fingerprint density at radius 2 is 1.58 bits per heavy atom. The number of ether oxygens (including phenoxy) is 4. The van der Waals surface area contributed by atoms with E-state index in [-0.39, 0.29) is 41.9 Å². The minimum atomic E-state index is -0.656. The van der Waals surface area contributed by atoms with Gasteiger partial charge in [-0.25, -0.2) is 0 Å². The summed E-state index contributed by atoms with van der Waals surface area (Å²) in [6, 6.07) is 36.5. The summed E-state index contributed by atoms with van der Waals surface area (Å²) in [5.74, 6) is -0.423. The van der Waals surface area contributed by atoms with Crippen LogP contribution in [-0.2, 0) is 44.9 Å². The van der Waals surface area contributed by atoms with Crippen molar-refractivity contribution in [2.75, 3.05) is 21.3 Å². The van der Waals surface area contributed by atoms with Crippen molar-refractivity contribution in [1.82, 2.24) is 5.32 Å². The number of hydrogen-bond acceptors (Lipinski definition) is 10. The third-order valence-electron chi connectivity index (χ3n) is 13.0. The van der Waals surface area contributed by atoms with Crippen molar-refractivity contribution >= 4 is 28.8 Å². The predicted octanol–water partition coefficient (Wildman–Crippen LogP) is 9.83. The van der Waals surface area contributed by atoms with Crippen molar-refractivity contribution in [1.29, 1.82) is 0 Å². The molecule has 1 saturated carbocycles. The summed E-state index contributed by atoms with van der Waals surface area (Å²) in [4.78, 5) is 27.3. The summed E-state index contributed by atoms with van der Waals surface area (Å²) < 4.78 is 23.9. The van der Waals surface area contributed by atoms with E-state index in [4.69, 9.17) is 18.9 Å². The van der Waals surface area contributed by atoms with Gasteiger partial charge < -0.3 is 39.6 Å². The van der Waals surface area contributed by atoms with Crippen LogP contribution in [-0.4, -0.2) is 60.7 Å². The molecule has 0 spiro atoms. The lowest BCUT2D eigenvalue weighted by molar-refractivity contribution is -0.161. The number of fused-ring (bicyclic) bond motifs is 3. The van der Waals surface area contributed by atoms with E-state index in [1.165, 1.54) is 21.1 Å². The first kappa shape index (κ1) is 43.9. The van der Waals surface area contributed by atoms with Crippen LogP contribution in [0.15, 0.2) is 121 Å². The summed E-state index contributed by atoms with van der Waals surface area (Å²) >= 11 is 0. The Morgan fingerprint density at radius 3 is 2.34 bits per heavy atom. The van der Waals surface area contributed by atoms with Crippen molar-refractivity contribution < 1.29 is 43.9 Å². The molecule has 10 nitrogen and oxygen atoms in total. The van der Waals surface area contributed by atoms with Gasteiger partial charge in [-0.1, -0.05) is 78.9 Å².